The number of nitrogen functional groups attached to an aromatic ring is 1. The molecule has 0 heterocycles. The molecular formula is C9H11FN2O4S. The summed E-state index contributed by atoms with van der Waals surface area (Å²) in [6.45, 7) is -0.576. The lowest BCUT2D eigenvalue weighted by atomic mass is 10.3. The average molecular weight is 262 g/mol. The van der Waals surface area contributed by atoms with E-state index in [4.69, 9.17) is 5.73 Å². The number of methoxy groups -OCH3 is 1. The number of esters is 1. The summed E-state index contributed by atoms with van der Waals surface area (Å²) in [6, 6.07) is 3.13. The highest BCUT2D eigenvalue weighted by atomic mass is 32.2. The van der Waals surface area contributed by atoms with Gasteiger partial charge < -0.3 is 10.5 Å². The first-order chi connectivity index (χ1) is 7.86. The highest BCUT2D eigenvalue weighted by Gasteiger charge is 2.20. The third kappa shape index (κ3) is 3.40. The molecular weight excluding hydrogens is 251 g/mol. The number of nitrogens with two attached hydrogens (primary N) is 1. The monoisotopic (exact) mass is 262 g/mol. The number of carbonyl (C=O) groups is 1. The lowest BCUT2D eigenvalue weighted by Crippen LogP contribution is -2.30. The Bertz CT molecular complexity index is 530. The molecule has 0 aliphatic rings. The minimum absolute atomic E-state index is 0.102. The van der Waals surface area contributed by atoms with Gasteiger partial charge >= 0.3 is 5.97 Å². The summed E-state index contributed by atoms with van der Waals surface area (Å²) in [5, 5.41) is 0. The molecule has 0 radical (unpaired) electrons. The Morgan fingerprint density at radius 1 is 1.53 bits per heavy atom. The van der Waals surface area contributed by atoms with Crippen molar-refractivity contribution in [1.82, 2.24) is 4.72 Å². The highest BCUT2D eigenvalue weighted by Crippen LogP contribution is 2.17. The zero-order valence-electron chi connectivity index (χ0n) is 8.94. The van der Waals surface area contributed by atoms with Crippen LogP contribution in [0.2, 0.25) is 0 Å². The van der Waals surface area contributed by atoms with Gasteiger partial charge in [-0.25, -0.2) is 12.8 Å². The Kier molecular flexibility index (Phi) is 4.02. The van der Waals surface area contributed by atoms with Crippen LogP contribution < -0.4 is 10.5 Å². The number of anilines is 1. The van der Waals surface area contributed by atoms with Crippen molar-refractivity contribution in [2.24, 2.45) is 0 Å². The fourth-order valence-corrected chi connectivity index (χ4v) is 2.11. The molecule has 6 nitrogen and oxygen atoms in total. The van der Waals surface area contributed by atoms with Crippen LogP contribution in [-0.2, 0) is 19.6 Å². The molecule has 0 bridgehead atoms. The first-order valence-electron chi connectivity index (χ1n) is 4.48. The van der Waals surface area contributed by atoms with E-state index in [-0.39, 0.29) is 5.69 Å². The molecule has 0 aliphatic carbocycles. The molecule has 0 unspecified atom stereocenters. The quantitative estimate of drug-likeness (QED) is 0.581. The number of benzene rings is 1. The average Bonchev–Trinajstić information content (AvgIpc) is 2.29. The number of ether oxygens (including phenoxy) is 1. The van der Waals surface area contributed by atoms with Gasteiger partial charge in [-0.2, -0.15) is 4.72 Å². The van der Waals surface area contributed by atoms with Crippen LogP contribution in [0, 0.1) is 5.82 Å². The van der Waals surface area contributed by atoms with Gasteiger partial charge in [-0.1, -0.05) is 0 Å². The van der Waals surface area contributed by atoms with Crippen LogP contribution >= 0.6 is 0 Å². The second kappa shape index (κ2) is 5.11. The number of nitrogens with one attached hydrogen (secondary N) is 1. The summed E-state index contributed by atoms with van der Waals surface area (Å²) in [4.78, 5) is 10.2. The molecule has 0 spiro atoms. The van der Waals surface area contributed by atoms with E-state index in [0.717, 1.165) is 19.2 Å². The van der Waals surface area contributed by atoms with Gasteiger partial charge in [0.05, 0.1) is 7.11 Å². The molecule has 1 aromatic rings. The number of hydrogen-bond donors (Lipinski definition) is 2. The molecule has 0 aliphatic heterocycles. The maximum atomic E-state index is 13.3. The largest absolute Gasteiger partial charge is 0.468 e. The second-order valence-electron chi connectivity index (χ2n) is 3.09. The van der Waals surface area contributed by atoms with Gasteiger partial charge in [0.15, 0.2) is 0 Å². The standard InChI is InChI=1S/C9H11FN2O4S/c1-16-9(13)5-12-17(14,15)8-4-6(11)2-3-7(8)10/h2-4,12H,5,11H2,1H3. The van der Waals surface area contributed by atoms with Crippen molar-refractivity contribution in [3.63, 3.8) is 0 Å². The summed E-state index contributed by atoms with van der Waals surface area (Å²) in [7, 11) is -3.02. The van der Waals surface area contributed by atoms with Gasteiger partial charge in [-0.3, -0.25) is 4.79 Å². The molecule has 1 aromatic carbocycles. The smallest absolute Gasteiger partial charge is 0.320 e. The minimum atomic E-state index is -4.12. The van der Waals surface area contributed by atoms with Crippen LogP contribution in [0.4, 0.5) is 10.1 Å². The van der Waals surface area contributed by atoms with Gasteiger partial charge in [0.25, 0.3) is 0 Å². The van der Waals surface area contributed by atoms with E-state index in [1.54, 1.807) is 0 Å². The van der Waals surface area contributed by atoms with Gasteiger partial charge in [0.2, 0.25) is 10.0 Å². The van der Waals surface area contributed by atoms with Gasteiger partial charge in [0.1, 0.15) is 17.3 Å². The normalized spacial score (nSPS) is 11.2. The van der Waals surface area contributed by atoms with Gasteiger partial charge in [-0.15, -0.1) is 0 Å². The predicted molar refractivity (Wildman–Crippen MR) is 58.0 cm³/mol. The van der Waals surface area contributed by atoms with Crippen molar-refractivity contribution < 1.29 is 22.3 Å². The van der Waals surface area contributed by atoms with Gasteiger partial charge in [0, 0.05) is 5.69 Å². The topological polar surface area (TPSA) is 98.5 Å². The molecule has 0 fully saturated rings. The third-order valence-corrected chi connectivity index (χ3v) is 3.30. The second-order valence-corrected chi connectivity index (χ2v) is 4.83. The molecule has 0 atom stereocenters. The summed E-state index contributed by atoms with van der Waals surface area (Å²) in [5.74, 6) is -1.73. The maximum Gasteiger partial charge on any atom is 0.320 e. The summed E-state index contributed by atoms with van der Waals surface area (Å²) in [5.41, 5.74) is 5.46. The van der Waals surface area contributed by atoms with E-state index < -0.39 is 33.3 Å². The molecule has 0 saturated carbocycles. The molecule has 0 saturated heterocycles. The summed E-state index contributed by atoms with van der Waals surface area (Å²) < 4.78 is 42.7. The number of carbonyl (C=O) groups excluding carboxylic acids is 1. The predicted octanol–water partition coefficient (Wildman–Crippen LogP) is -0.141. The lowest BCUT2D eigenvalue weighted by Gasteiger charge is -2.07. The molecule has 0 aromatic heterocycles. The zero-order valence-corrected chi connectivity index (χ0v) is 9.75. The van der Waals surface area contributed by atoms with E-state index in [2.05, 4.69) is 4.74 Å². The van der Waals surface area contributed by atoms with Crippen LogP contribution in [-0.4, -0.2) is 28.0 Å². The maximum absolute atomic E-state index is 13.3. The van der Waals surface area contributed by atoms with Crippen molar-refractivity contribution in [3.05, 3.63) is 24.0 Å². The first-order valence-corrected chi connectivity index (χ1v) is 5.96. The highest BCUT2D eigenvalue weighted by molar-refractivity contribution is 7.89. The van der Waals surface area contributed by atoms with Crippen LogP contribution in [0.25, 0.3) is 0 Å². The SMILES string of the molecule is COC(=O)CNS(=O)(=O)c1cc(N)ccc1F. The van der Waals surface area contributed by atoms with Crippen LogP contribution in [0.1, 0.15) is 0 Å². The first kappa shape index (κ1) is 13.4. The fraction of sp³-hybridized carbons (Fsp3) is 0.222. The number of hydrogen-bond acceptors (Lipinski definition) is 5. The van der Waals surface area contributed by atoms with E-state index in [1.807, 2.05) is 4.72 Å². The number of rotatable bonds is 4. The number of halogens is 1. The summed E-state index contributed by atoms with van der Waals surface area (Å²) in [6.07, 6.45) is 0. The fourth-order valence-electron chi connectivity index (χ4n) is 1.03. The van der Waals surface area contributed by atoms with E-state index in [1.165, 1.54) is 6.07 Å². The molecule has 3 N–H and O–H groups in total. The van der Waals surface area contributed by atoms with Gasteiger partial charge in [-0.05, 0) is 18.2 Å². The zero-order chi connectivity index (χ0) is 13.1. The molecule has 0 amide bonds. The molecule has 8 heteroatoms. The molecule has 1 rings (SSSR count). The van der Waals surface area contributed by atoms with E-state index >= 15 is 0 Å². The Labute approximate surface area is 97.6 Å². The molecule has 94 valence electrons. The Hall–Kier alpha value is -1.67. The van der Waals surface area contributed by atoms with Crippen molar-refractivity contribution in [1.29, 1.82) is 0 Å². The van der Waals surface area contributed by atoms with Crippen LogP contribution in [0.5, 0.6) is 0 Å². The van der Waals surface area contributed by atoms with Crippen LogP contribution in [0.15, 0.2) is 23.1 Å². The van der Waals surface area contributed by atoms with Crippen molar-refractivity contribution in [3.8, 4) is 0 Å². The van der Waals surface area contributed by atoms with E-state index in [9.17, 15) is 17.6 Å². The Balaban J connectivity index is 2.97. The Morgan fingerprint density at radius 3 is 2.76 bits per heavy atom. The third-order valence-electron chi connectivity index (χ3n) is 1.88. The minimum Gasteiger partial charge on any atom is -0.468 e. The molecule has 17 heavy (non-hydrogen) atoms. The summed E-state index contributed by atoms with van der Waals surface area (Å²) >= 11 is 0. The van der Waals surface area contributed by atoms with E-state index in [0.29, 0.717) is 0 Å². The van der Waals surface area contributed by atoms with Crippen molar-refractivity contribution in [2.75, 3.05) is 19.4 Å². The lowest BCUT2D eigenvalue weighted by molar-refractivity contribution is -0.139. The van der Waals surface area contributed by atoms with Crippen LogP contribution in [0.3, 0.4) is 0 Å². The number of sulfonamides is 1. The van der Waals surface area contributed by atoms with Crippen molar-refractivity contribution in [2.45, 2.75) is 4.90 Å². The Morgan fingerprint density at radius 2 is 2.18 bits per heavy atom. The van der Waals surface area contributed by atoms with Crippen molar-refractivity contribution >= 4 is 21.7 Å².